The first-order chi connectivity index (χ1) is 7.61. The number of nitrogens with zero attached hydrogens (tertiary/aromatic N) is 2. The maximum Gasteiger partial charge on any atom is 0.123 e. The second-order valence-electron chi connectivity index (χ2n) is 3.73. The molecule has 0 saturated carbocycles. The van der Waals surface area contributed by atoms with Gasteiger partial charge in [0, 0.05) is 13.7 Å². The predicted molar refractivity (Wildman–Crippen MR) is 63.5 cm³/mol. The van der Waals surface area contributed by atoms with Crippen molar-refractivity contribution in [2.24, 2.45) is 7.05 Å². The number of hydrogen-bond donors (Lipinski definition) is 1. The zero-order valence-corrected chi connectivity index (χ0v) is 10.7. The zero-order chi connectivity index (χ0) is 12.1. The number of aryl methyl sites for hydroxylation is 1. The van der Waals surface area contributed by atoms with Gasteiger partial charge in [-0.3, -0.25) is 4.68 Å². The highest BCUT2D eigenvalue weighted by Gasteiger charge is 2.25. The highest BCUT2D eigenvalue weighted by molar-refractivity contribution is 6.31. The highest BCUT2D eigenvalue weighted by atomic mass is 35.5. The molecular formula is C11H19ClN2O2. The molecule has 0 radical (unpaired) electrons. The molecule has 2 atom stereocenters. The van der Waals surface area contributed by atoms with Gasteiger partial charge in [-0.15, -0.1) is 0 Å². The molecule has 1 aromatic rings. The van der Waals surface area contributed by atoms with Crippen LogP contribution in [0.1, 0.15) is 38.5 Å². The van der Waals surface area contributed by atoms with Crippen molar-refractivity contribution in [3.8, 4) is 0 Å². The van der Waals surface area contributed by atoms with Gasteiger partial charge in [-0.1, -0.05) is 24.9 Å². The Bertz CT molecular complexity index is 302. The van der Waals surface area contributed by atoms with Gasteiger partial charge in [0.25, 0.3) is 0 Å². The quantitative estimate of drug-likeness (QED) is 0.838. The average molecular weight is 247 g/mol. The molecule has 5 heteroatoms. The summed E-state index contributed by atoms with van der Waals surface area (Å²) in [6.07, 6.45) is 2.35. The van der Waals surface area contributed by atoms with E-state index in [1.165, 1.54) is 6.20 Å². The molecule has 0 fully saturated rings. The molecule has 1 aromatic heterocycles. The standard InChI is InChI=1S/C11H19ClN2O2/c1-4-6-9(16-5-2)11(15)10-8(12)7-13-14(10)3/h7,9,11,15H,4-6H2,1-3H3. The van der Waals surface area contributed by atoms with Crippen molar-refractivity contribution in [1.82, 2.24) is 9.78 Å². The Balaban J connectivity index is 2.84. The van der Waals surface area contributed by atoms with Gasteiger partial charge >= 0.3 is 0 Å². The molecule has 4 nitrogen and oxygen atoms in total. The number of aromatic nitrogens is 2. The van der Waals surface area contributed by atoms with Crippen molar-refractivity contribution in [3.05, 3.63) is 16.9 Å². The van der Waals surface area contributed by atoms with Gasteiger partial charge in [0.05, 0.1) is 23.0 Å². The molecule has 0 spiro atoms. The number of aliphatic hydroxyl groups excluding tert-OH is 1. The van der Waals surface area contributed by atoms with Crippen LogP contribution in [0.2, 0.25) is 5.02 Å². The lowest BCUT2D eigenvalue weighted by Gasteiger charge is -2.22. The first-order valence-electron chi connectivity index (χ1n) is 5.58. The number of aliphatic hydroxyl groups is 1. The number of ether oxygens (including phenoxy) is 1. The maximum atomic E-state index is 10.2. The predicted octanol–water partition coefficient (Wildman–Crippen LogP) is 2.31. The lowest BCUT2D eigenvalue weighted by molar-refractivity contribution is -0.0416. The van der Waals surface area contributed by atoms with E-state index in [-0.39, 0.29) is 6.10 Å². The van der Waals surface area contributed by atoms with Crippen LogP contribution >= 0.6 is 11.6 Å². The van der Waals surface area contributed by atoms with E-state index < -0.39 is 6.10 Å². The lowest BCUT2D eigenvalue weighted by atomic mass is 10.1. The van der Waals surface area contributed by atoms with Crippen LogP contribution in [-0.2, 0) is 11.8 Å². The van der Waals surface area contributed by atoms with E-state index in [4.69, 9.17) is 16.3 Å². The Hall–Kier alpha value is -0.580. The van der Waals surface area contributed by atoms with Crippen LogP contribution in [0.3, 0.4) is 0 Å². The fourth-order valence-electron chi connectivity index (χ4n) is 1.76. The molecule has 0 aliphatic heterocycles. The fourth-order valence-corrected chi connectivity index (χ4v) is 2.04. The summed E-state index contributed by atoms with van der Waals surface area (Å²) in [6, 6.07) is 0. The molecule has 16 heavy (non-hydrogen) atoms. The van der Waals surface area contributed by atoms with Crippen LogP contribution in [0.25, 0.3) is 0 Å². The van der Waals surface area contributed by atoms with Crippen LogP contribution in [0.15, 0.2) is 6.20 Å². The molecule has 1 rings (SSSR count). The van der Waals surface area contributed by atoms with Crippen molar-refractivity contribution < 1.29 is 9.84 Å². The van der Waals surface area contributed by atoms with Crippen molar-refractivity contribution >= 4 is 11.6 Å². The zero-order valence-electron chi connectivity index (χ0n) is 9.98. The molecule has 0 aromatic carbocycles. The van der Waals surface area contributed by atoms with Gasteiger partial charge < -0.3 is 9.84 Å². The normalized spacial score (nSPS) is 15.1. The molecule has 0 saturated heterocycles. The third-order valence-corrected chi connectivity index (χ3v) is 2.82. The second-order valence-corrected chi connectivity index (χ2v) is 4.14. The Morgan fingerprint density at radius 1 is 1.56 bits per heavy atom. The number of rotatable bonds is 6. The van der Waals surface area contributed by atoms with Gasteiger partial charge in [-0.25, -0.2) is 0 Å². The van der Waals surface area contributed by atoms with Gasteiger partial charge in [0.1, 0.15) is 6.10 Å². The lowest BCUT2D eigenvalue weighted by Crippen LogP contribution is -2.24. The monoisotopic (exact) mass is 246 g/mol. The summed E-state index contributed by atoms with van der Waals surface area (Å²) in [4.78, 5) is 0. The van der Waals surface area contributed by atoms with Crippen LogP contribution < -0.4 is 0 Å². The van der Waals surface area contributed by atoms with Gasteiger partial charge in [0.15, 0.2) is 0 Å². The first-order valence-corrected chi connectivity index (χ1v) is 5.96. The van der Waals surface area contributed by atoms with E-state index in [1.54, 1.807) is 11.7 Å². The minimum Gasteiger partial charge on any atom is -0.384 e. The summed E-state index contributed by atoms with van der Waals surface area (Å²) in [6.45, 7) is 4.56. The van der Waals surface area contributed by atoms with Crippen molar-refractivity contribution in [2.75, 3.05) is 6.61 Å². The number of halogens is 1. The minimum atomic E-state index is -0.722. The average Bonchev–Trinajstić information content (AvgIpc) is 2.57. The summed E-state index contributed by atoms with van der Waals surface area (Å²) in [5.74, 6) is 0. The van der Waals surface area contributed by atoms with Crippen LogP contribution in [-0.4, -0.2) is 27.6 Å². The van der Waals surface area contributed by atoms with Gasteiger partial charge in [0.2, 0.25) is 0 Å². The van der Waals surface area contributed by atoms with Crippen molar-refractivity contribution in [1.29, 1.82) is 0 Å². The largest absolute Gasteiger partial charge is 0.384 e. The molecule has 0 aliphatic carbocycles. The summed E-state index contributed by atoms with van der Waals surface area (Å²) < 4.78 is 7.12. The Kier molecular flexibility index (Phi) is 5.25. The van der Waals surface area contributed by atoms with E-state index in [0.717, 1.165) is 12.8 Å². The van der Waals surface area contributed by atoms with E-state index in [2.05, 4.69) is 12.0 Å². The van der Waals surface area contributed by atoms with Crippen LogP contribution in [0.4, 0.5) is 0 Å². The summed E-state index contributed by atoms with van der Waals surface area (Å²) >= 11 is 5.99. The summed E-state index contributed by atoms with van der Waals surface area (Å²) in [7, 11) is 1.76. The van der Waals surface area contributed by atoms with Gasteiger partial charge in [-0.05, 0) is 13.3 Å². The SMILES string of the molecule is CCCC(OCC)C(O)c1c(Cl)cnn1C. The summed E-state index contributed by atoms with van der Waals surface area (Å²) in [5.41, 5.74) is 0.619. The summed E-state index contributed by atoms with van der Waals surface area (Å²) in [5, 5.41) is 14.7. The van der Waals surface area contributed by atoms with Gasteiger partial charge in [-0.2, -0.15) is 5.10 Å². The Labute approximate surface area is 101 Å². The molecular weight excluding hydrogens is 228 g/mol. The van der Waals surface area contributed by atoms with E-state index in [0.29, 0.717) is 17.3 Å². The van der Waals surface area contributed by atoms with Crippen molar-refractivity contribution in [3.63, 3.8) is 0 Å². The Morgan fingerprint density at radius 3 is 2.69 bits per heavy atom. The molecule has 0 aliphatic rings. The van der Waals surface area contributed by atoms with E-state index in [9.17, 15) is 5.11 Å². The van der Waals surface area contributed by atoms with Crippen LogP contribution in [0, 0.1) is 0 Å². The third-order valence-electron chi connectivity index (χ3n) is 2.52. The minimum absolute atomic E-state index is 0.220. The molecule has 1 N–H and O–H groups in total. The molecule has 0 bridgehead atoms. The third kappa shape index (κ3) is 2.97. The molecule has 0 amide bonds. The Morgan fingerprint density at radius 2 is 2.25 bits per heavy atom. The topological polar surface area (TPSA) is 47.3 Å². The second kappa shape index (κ2) is 6.23. The van der Waals surface area contributed by atoms with Crippen LogP contribution in [0.5, 0.6) is 0 Å². The molecule has 1 heterocycles. The fraction of sp³-hybridized carbons (Fsp3) is 0.727. The maximum absolute atomic E-state index is 10.2. The highest BCUT2D eigenvalue weighted by Crippen LogP contribution is 2.27. The molecule has 2 unspecified atom stereocenters. The van der Waals surface area contributed by atoms with E-state index >= 15 is 0 Å². The number of hydrogen-bond acceptors (Lipinski definition) is 3. The first kappa shape index (κ1) is 13.5. The molecule has 92 valence electrons. The van der Waals surface area contributed by atoms with E-state index in [1.807, 2.05) is 6.92 Å². The van der Waals surface area contributed by atoms with Crippen molar-refractivity contribution in [2.45, 2.75) is 38.9 Å². The smallest absolute Gasteiger partial charge is 0.123 e.